The first kappa shape index (κ1) is 23.8. The quantitative estimate of drug-likeness (QED) is 0.232. The number of methoxy groups -OCH3 is 2. The highest BCUT2D eigenvalue weighted by atomic mass is 127. The molecule has 1 saturated carbocycles. The van der Waals surface area contributed by atoms with Gasteiger partial charge in [-0.3, -0.25) is 4.99 Å². The molecule has 1 fully saturated rings. The first-order chi connectivity index (χ1) is 12.8. The highest BCUT2D eigenvalue weighted by Crippen LogP contribution is 2.29. The molecule has 0 aliphatic heterocycles. The molecule has 0 unspecified atom stereocenters. The zero-order valence-electron chi connectivity index (χ0n) is 16.8. The van der Waals surface area contributed by atoms with Gasteiger partial charge in [0.25, 0.3) is 0 Å². The van der Waals surface area contributed by atoms with E-state index in [1.54, 1.807) is 14.2 Å². The second-order valence-electron chi connectivity index (χ2n) is 6.44. The summed E-state index contributed by atoms with van der Waals surface area (Å²) in [5.74, 6) is 2.16. The van der Waals surface area contributed by atoms with Gasteiger partial charge in [0, 0.05) is 31.5 Å². The molecule has 27 heavy (non-hydrogen) atoms. The minimum atomic E-state index is 0. The minimum absolute atomic E-state index is 0. The van der Waals surface area contributed by atoms with Gasteiger partial charge in [-0.1, -0.05) is 19.3 Å². The molecular formula is C20H34IN3O3. The summed E-state index contributed by atoms with van der Waals surface area (Å²) < 4.78 is 16.6. The molecule has 0 saturated heterocycles. The van der Waals surface area contributed by atoms with E-state index in [1.807, 2.05) is 18.2 Å². The fourth-order valence-electron chi connectivity index (χ4n) is 3.09. The Kier molecular flexibility index (Phi) is 12.2. The van der Waals surface area contributed by atoms with Crippen LogP contribution in [0.4, 0.5) is 5.69 Å². The van der Waals surface area contributed by atoms with E-state index < -0.39 is 0 Å². The Balaban J connectivity index is 0.00000364. The summed E-state index contributed by atoms with van der Waals surface area (Å²) in [5.41, 5.74) is 0.904. The van der Waals surface area contributed by atoms with Crippen LogP contribution in [0.3, 0.4) is 0 Å². The van der Waals surface area contributed by atoms with Gasteiger partial charge >= 0.3 is 0 Å². The molecule has 7 heteroatoms. The lowest BCUT2D eigenvalue weighted by Gasteiger charge is -2.21. The molecule has 1 aliphatic carbocycles. The predicted octanol–water partition coefficient (Wildman–Crippen LogP) is 4.44. The third kappa shape index (κ3) is 8.55. The number of rotatable bonds is 9. The van der Waals surface area contributed by atoms with Crippen LogP contribution in [0, 0.1) is 0 Å². The zero-order chi connectivity index (χ0) is 18.6. The summed E-state index contributed by atoms with van der Waals surface area (Å²) in [7, 11) is 3.26. The van der Waals surface area contributed by atoms with Gasteiger partial charge < -0.3 is 24.8 Å². The third-order valence-electron chi connectivity index (χ3n) is 4.47. The smallest absolute Gasteiger partial charge is 0.195 e. The monoisotopic (exact) mass is 491 g/mol. The molecule has 1 aliphatic rings. The van der Waals surface area contributed by atoms with E-state index in [-0.39, 0.29) is 24.0 Å². The predicted molar refractivity (Wildman–Crippen MR) is 122 cm³/mol. The molecule has 1 aromatic carbocycles. The number of benzene rings is 1. The van der Waals surface area contributed by atoms with Crippen molar-refractivity contribution in [2.75, 3.05) is 39.2 Å². The van der Waals surface area contributed by atoms with E-state index >= 15 is 0 Å². The van der Waals surface area contributed by atoms with E-state index in [4.69, 9.17) is 14.2 Å². The lowest BCUT2D eigenvalue weighted by molar-refractivity contribution is 0.0281. The molecule has 0 amide bonds. The van der Waals surface area contributed by atoms with Gasteiger partial charge in [0.1, 0.15) is 0 Å². The van der Waals surface area contributed by atoms with Crippen LogP contribution in [-0.4, -0.2) is 46.0 Å². The molecule has 0 bridgehead atoms. The lowest BCUT2D eigenvalue weighted by atomic mass is 9.98. The van der Waals surface area contributed by atoms with Gasteiger partial charge in [-0.2, -0.15) is 0 Å². The number of ether oxygens (including phenoxy) is 3. The van der Waals surface area contributed by atoms with Crippen molar-refractivity contribution in [1.29, 1.82) is 0 Å². The number of guanidine groups is 1. The molecule has 1 aromatic rings. The normalized spacial score (nSPS) is 15.0. The zero-order valence-corrected chi connectivity index (χ0v) is 19.1. The topological polar surface area (TPSA) is 64.1 Å². The highest BCUT2D eigenvalue weighted by Gasteiger charge is 2.13. The molecule has 6 nitrogen and oxygen atoms in total. The van der Waals surface area contributed by atoms with Gasteiger partial charge in [-0.25, -0.2) is 0 Å². The number of aliphatic imine (C=N–C) groups is 1. The van der Waals surface area contributed by atoms with E-state index in [1.165, 1.54) is 32.1 Å². The maximum absolute atomic E-state index is 5.96. The van der Waals surface area contributed by atoms with Crippen molar-refractivity contribution in [3.05, 3.63) is 18.2 Å². The summed E-state index contributed by atoms with van der Waals surface area (Å²) in [6.45, 7) is 4.37. The third-order valence-corrected chi connectivity index (χ3v) is 4.47. The van der Waals surface area contributed by atoms with Gasteiger partial charge in [0.05, 0.1) is 20.3 Å². The number of hydrogen-bond donors (Lipinski definition) is 2. The number of anilines is 1. The summed E-state index contributed by atoms with van der Waals surface area (Å²) in [6, 6.07) is 5.72. The maximum Gasteiger partial charge on any atom is 0.195 e. The molecule has 2 rings (SSSR count). The minimum Gasteiger partial charge on any atom is -0.493 e. The van der Waals surface area contributed by atoms with E-state index in [0.29, 0.717) is 17.6 Å². The van der Waals surface area contributed by atoms with Crippen molar-refractivity contribution < 1.29 is 14.2 Å². The Bertz CT molecular complexity index is 563. The Morgan fingerprint density at radius 2 is 1.85 bits per heavy atom. The van der Waals surface area contributed by atoms with Crippen molar-refractivity contribution in [3.63, 3.8) is 0 Å². The molecule has 154 valence electrons. The van der Waals surface area contributed by atoms with Crippen LogP contribution in [0.15, 0.2) is 23.2 Å². The van der Waals surface area contributed by atoms with Gasteiger partial charge in [-0.05, 0) is 38.3 Å². The SMILES string of the molecule is CCNC(=NCCCOC1CCCCC1)Nc1ccc(OC)c(OC)c1.I. The van der Waals surface area contributed by atoms with Crippen molar-refractivity contribution in [2.24, 2.45) is 4.99 Å². The van der Waals surface area contributed by atoms with E-state index in [0.717, 1.165) is 37.8 Å². The summed E-state index contributed by atoms with van der Waals surface area (Å²) in [6.07, 6.45) is 7.80. The fourth-order valence-corrected chi connectivity index (χ4v) is 3.09. The highest BCUT2D eigenvalue weighted by molar-refractivity contribution is 14.0. The number of nitrogens with zero attached hydrogens (tertiary/aromatic N) is 1. The van der Waals surface area contributed by atoms with E-state index in [9.17, 15) is 0 Å². The van der Waals surface area contributed by atoms with Crippen LogP contribution in [0.25, 0.3) is 0 Å². The standard InChI is InChI=1S/C20H33N3O3.HI/c1-4-21-20(22-13-8-14-26-17-9-6-5-7-10-17)23-16-11-12-18(24-2)19(15-16)25-3;/h11-12,15,17H,4-10,13-14H2,1-3H3,(H2,21,22,23);1H. The second-order valence-corrected chi connectivity index (χ2v) is 6.44. The molecule has 2 N–H and O–H groups in total. The first-order valence-electron chi connectivity index (χ1n) is 9.65. The van der Waals surface area contributed by atoms with Gasteiger partial charge in [0.2, 0.25) is 0 Å². The van der Waals surface area contributed by atoms with Crippen molar-refractivity contribution >= 4 is 35.6 Å². The first-order valence-corrected chi connectivity index (χ1v) is 9.65. The van der Waals surface area contributed by atoms with Crippen molar-refractivity contribution in [2.45, 2.75) is 51.6 Å². The number of halogens is 1. The second kappa shape index (κ2) is 13.9. The van der Waals surface area contributed by atoms with Crippen molar-refractivity contribution in [1.82, 2.24) is 5.32 Å². The Morgan fingerprint density at radius 3 is 2.52 bits per heavy atom. The molecular weight excluding hydrogens is 457 g/mol. The summed E-state index contributed by atoms with van der Waals surface area (Å²) in [4.78, 5) is 4.63. The molecule has 0 radical (unpaired) electrons. The Hall–Kier alpha value is -1.22. The van der Waals surface area contributed by atoms with Crippen LogP contribution in [0.1, 0.15) is 45.4 Å². The summed E-state index contributed by atoms with van der Waals surface area (Å²) >= 11 is 0. The molecule has 0 spiro atoms. The average molecular weight is 491 g/mol. The van der Waals surface area contributed by atoms with Crippen LogP contribution in [0.5, 0.6) is 11.5 Å². The average Bonchev–Trinajstić information content (AvgIpc) is 2.68. The molecule has 0 atom stereocenters. The van der Waals surface area contributed by atoms with Crippen molar-refractivity contribution in [3.8, 4) is 11.5 Å². The molecule has 0 heterocycles. The Labute approximate surface area is 180 Å². The summed E-state index contributed by atoms with van der Waals surface area (Å²) in [5, 5.41) is 6.57. The number of nitrogens with one attached hydrogen (secondary N) is 2. The van der Waals surface area contributed by atoms with Gasteiger partial charge in [-0.15, -0.1) is 24.0 Å². The van der Waals surface area contributed by atoms with Crippen LogP contribution in [0.2, 0.25) is 0 Å². The fraction of sp³-hybridized carbons (Fsp3) is 0.650. The Morgan fingerprint density at radius 1 is 1.11 bits per heavy atom. The van der Waals surface area contributed by atoms with Crippen LogP contribution >= 0.6 is 24.0 Å². The van der Waals surface area contributed by atoms with Gasteiger partial charge in [0.15, 0.2) is 17.5 Å². The van der Waals surface area contributed by atoms with E-state index in [2.05, 4.69) is 22.5 Å². The van der Waals surface area contributed by atoms with Crippen LogP contribution in [-0.2, 0) is 4.74 Å². The molecule has 0 aromatic heterocycles. The maximum atomic E-state index is 5.96. The van der Waals surface area contributed by atoms with Crippen LogP contribution < -0.4 is 20.1 Å². The number of hydrogen-bond acceptors (Lipinski definition) is 4. The largest absolute Gasteiger partial charge is 0.493 e. The lowest BCUT2D eigenvalue weighted by Crippen LogP contribution is -2.30.